The molecule has 6 atom stereocenters. The number of carbonyl (C=O) groups is 1. The fraction of sp³-hybridized carbons (Fsp3) is 0.737. The molecule has 5 rings (SSSR count). The molecule has 3 heterocycles. The maximum absolute atomic E-state index is 13.1. The maximum Gasteiger partial charge on any atom is 0.476 e. The third-order valence-corrected chi connectivity index (χ3v) is 8.61. The Balaban J connectivity index is 1.27. The van der Waals surface area contributed by atoms with Crippen molar-refractivity contribution in [3.63, 3.8) is 0 Å². The van der Waals surface area contributed by atoms with E-state index in [0.29, 0.717) is 25.9 Å². The van der Waals surface area contributed by atoms with E-state index in [9.17, 15) is 18.9 Å². The smallest absolute Gasteiger partial charge is 0.466 e. The third kappa shape index (κ3) is 2.94. The van der Waals surface area contributed by atoms with Gasteiger partial charge in [-0.3, -0.25) is 32.7 Å². The maximum atomic E-state index is 13.1. The highest BCUT2D eigenvalue weighted by molar-refractivity contribution is 7.48. The number of nitrogens with one attached hydrogen (secondary N) is 1. The van der Waals surface area contributed by atoms with Crippen LogP contribution in [-0.2, 0) is 32.4 Å². The highest BCUT2D eigenvalue weighted by Gasteiger charge is 2.89. The fourth-order valence-electron chi connectivity index (χ4n) is 5.07. The predicted octanol–water partition coefficient (Wildman–Crippen LogP) is 0.567. The number of hydrogen-bond acceptors (Lipinski definition) is 10. The normalized spacial score (nSPS) is 40.9. The summed E-state index contributed by atoms with van der Waals surface area (Å²) >= 11 is 0. The summed E-state index contributed by atoms with van der Waals surface area (Å²) in [6, 6.07) is 1.18. The van der Waals surface area contributed by atoms with Crippen LogP contribution in [0.4, 0.5) is 0 Å². The molecule has 2 saturated heterocycles. The van der Waals surface area contributed by atoms with E-state index in [4.69, 9.17) is 28.8 Å². The summed E-state index contributed by atoms with van der Waals surface area (Å²) in [5.74, 6) is -0.268. The first kappa shape index (κ1) is 22.0. The van der Waals surface area contributed by atoms with Crippen molar-refractivity contribution in [1.82, 2.24) is 9.55 Å². The first-order chi connectivity index (χ1) is 15.1. The van der Waals surface area contributed by atoms with Gasteiger partial charge in [0.2, 0.25) is 0 Å². The summed E-state index contributed by atoms with van der Waals surface area (Å²) in [5, 5.41) is 0. The lowest BCUT2D eigenvalue weighted by Gasteiger charge is -2.39. The predicted molar refractivity (Wildman–Crippen MR) is 108 cm³/mol. The van der Waals surface area contributed by atoms with E-state index in [1.165, 1.54) is 12.3 Å². The van der Waals surface area contributed by atoms with Gasteiger partial charge >= 0.3 is 19.5 Å². The molecule has 3 N–H and O–H groups in total. The van der Waals surface area contributed by atoms with E-state index >= 15 is 0 Å². The fourth-order valence-corrected chi connectivity index (χ4v) is 6.86. The largest absolute Gasteiger partial charge is 0.476 e. The molecule has 1 aromatic heterocycles. The lowest BCUT2D eigenvalue weighted by Crippen LogP contribution is -2.57. The Morgan fingerprint density at radius 1 is 1.38 bits per heavy atom. The molecule has 13 heteroatoms. The summed E-state index contributed by atoms with van der Waals surface area (Å²) in [5.41, 5.74) is 2.12. The van der Waals surface area contributed by atoms with Crippen molar-refractivity contribution in [2.45, 2.75) is 69.1 Å². The molecule has 12 nitrogen and oxygen atoms in total. The van der Waals surface area contributed by atoms with Gasteiger partial charge in [-0.1, -0.05) is 6.42 Å². The zero-order chi connectivity index (χ0) is 22.9. The number of fused-ring (bicyclic) bond motifs is 1. The molecule has 2 aliphatic carbocycles. The Kier molecular flexibility index (Phi) is 4.87. The highest BCUT2D eigenvalue weighted by atomic mass is 31.2. The molecule has 4 aliphatic rings. The van der Waals surface area contributed by atoms with Gasteiger partial charge in [0.25, 0.3) is 5.56 Å². The molecule has 1 spiro atoms. The number of hydrogen-bond donors (Lipinski definition) is 2. The molecule has 176 valence electrons. The van der Waals surface area contributed by atoms with Crippen molar-refractivity contribution in [3.05, 3.63) is 33.1 Å². The van der Waals surface area contributed by atoms with Crippen molar-refractivity contribution < 1.29 is 32.4 Å². The molecule has 0 bridgehead atoms. The minimum absolute atomic E-state index is 0.00545. The third-order valence-electron chi connectivity index (χ3n) is 7.10. The van der Waals surface area contributed by atoms with Crippen LogP contribution in [0.25, 0.3) is 0 Å². The van der Waals surface area contributed by atoms with Gasteiger partial charge in [0.15, 0.2) is 11.8 Å². The van der Waals surface area contributed by atoms with Crippen LogP contribution in [0, 0.1) is 5.41 Å². The van der Waals surface area contributed by atoms with E-state index in [0.717, 1.165) is 11.0 Å². The molecule has 0 amide bonds. The molecular weight excluding hydrogens is 445 g/mol. The first-order valence-corrected chi connectivity index (χ1v) is 12.1. The number of ether oxygens (including phenoxy) is 2. The van der Waals surface area contributed by atoms with E-state index < -0.39 is 54.1 Å². The molecule has 4 fully saturated rings. The van der Waals surface area contributed by atoms with Crippen LogP contribution in [0.3, 0.4) is 0 Å². The molecule has 1 unspecified atom stereocenters. The number of nitrogens with two attached hydrogens (primary N) is 1. The highest BCUT2D eigenvalue weighted by Crippen LogP contribution is 2.77. The number of phosphoric acid groups is 1. The molecular formula is C19H26N3O9P. The Labute approximate surface area is 182 Å². The molecule has 0 radical (unpaired) electrons. The van der Waals surface area contributed by atoms with Crippen molar-refractivity contribution >= 4 is 13.8 Å². The SMILES string of the molecule is CCOC(=O)C1(CCO[P@]2(=O)OC3[C@H]4O[C@@H](n5ccc(=O)[nH]c5=O)[C@](C)(N)[C@@]34O2)CCC1. The summed E-state index contributed by atoms with van der Waals surface area (Å²) in [4.78, 5) is 38.0. The van der Waals surface area contributed by atoms with Gasteiger partial charge in [-0.05, 0) is 33.1 Å². The number of phosphoric ester groups is 1. The average molecular weight is 471 g/mol. The van der Waals surface area contributed by atoms with Crippen LogP contribution in [0.15, 0.2) is 21.9 Å². The van der Waals surface area contributed by atoms with Gasteiger partial charge in [0.1, 0.15) is 12.2 Å². The van der Waals surface area contributed by atoms with Crippen molar-refractivity contribution in [2.75, 3.05) is 13.2 Å². The first-order valence-electron chi connectivity index (χ1n) is 10.7. The molecule has 32 heavy (non-hydrogen) atoms. The Bertz CT molecular complexity index is 1110. The van der Waals surface area contributed by atoms with E-state index in [-0.39, 0.29) is 12.6 Å². The number of aromatic amines is 1. The lowest BCUT2D eigenvalue weighted by molar-refractivity contribution is -0.162. The van der Waals surface area contributed by atoms with Crippen LogP contribution in [-0.4, -0.2) is 52.1 Å². The number of nitrogens with zero attached hydrogens (tertiary/aromatic N) is 1. The van der Waals surface area contributed by atoms with E-state index in [1.807, 2.05) is 0 Å². The van der Waals surface area contributed by atoms with E-state index in [2.05, 4.69) is 4.98 Å². The summed E-state index contributed by atoms with van der Waals surface area (Å²) in [6.07, 6.45) is 1.63. The summed E-state index contributed by atoms with van der Waals surface area (Å²) < 4.78 is 42.2. The van der Waals surface area contributed by atoms with Crippen LogP contribution >= 0.6 is 7.82 Å². The van der Waals surface area contributed by atoms with Gasteiger partial charge < -0.3 is 15.2 Å². The van der Waals surface area contributed by atoms with Crippen LogP contribution < -0.4 is 17.0 Å². The number of esters is 1. The van der Waals surface area contributed by atoms with Gasteiger partial charge in [-0.2, -0.15) is 0 Å². The summed E-state index contributed by atoms with van der Waals surface area (Å²) in [7, 11) is -3.95. The van der Waals surface area contributed by atoms with Crippen LogP contribution in [0.2, 0.25) is 0 Å². The lowest BCUT2D eigenvalue weighted by atomic mass is 9.67. The monoisotopic (exact) mass is 471 g/mol. The number of aromatic nitrogens is 2. The van der Waals surface area contributed by atoms with Crippen LogP contribution in [0.1, 0.15) is 45.8 Å². The van der Waals surface area contributed by atoms with Crippen molar-refractivity contribution in [2.24, 2.45) is 11.1 Å². The van der Waals surface area contributed by atoms with Crippen molar-refractivity contribution in [3.8, 4) is 0 Å². The van der Waals surface area contributed by atoms with Crippen molar-refractivity contribution in [1.29, 1.82) is 0 Å². The second-order valence-electron chi connectivity index (χ2n) is 9.00. The summed E-state index contributed by atoms with van der Waals surface area (Å²) in [6.45, 7) is 3.66. The molecule has 2 saturated carbocycles. The molecule has 0 aromatic carbocycles. The topological polar surface area (TPSA) is 161 Å². The Hall–Kier alpha value is -1.82. The van der Waals surface area contributed by atoms with Gasteiger partial charge in [-0.25, -0.2) is 9.36 Å². The zero-order valence-corrected chi connectivity index (χ0v) is 18.7. The Morgan fingerprint density at radius 3 is 2.75 bits per heavy atom. The standard InChI is InChI=1S/C19H26N3O9P/c1-3-27-15(24)18(6-4-7-18)8-10-28-32(26)30-13-12-19(13,31-32)17(2,20)14(29-12)22-9-5-11(23)21-16(22)25/h5,9,12-14H,3-4,6-8,10,20H2,1-2H3,(H,21,23,25)/t12-,13?,14-,17+,19+,32-/m1/s1. The number of H-pyrrole nitrogens is 1. The average Bonchev–Trinajstić information content (AvgIpc) is 3.01. The number of carbonyl (C=O) groups excluding carboxylic acids is 1. The van der Waals surface area contributed by atoms with Gasteiger partial charge in [0.05, 0.1) is 24.2 Å². The van der Waals surface area contributed by atoms with Gasteiger partial charge in [0, 0.05) is 12.3 Å². The Morgan fingerprint density at radius 2 is 2.12 bits per heavy atom. The van der Waals surface area contributed by atoms with Crippen LogP contribution in [0.5, 0.6) is 0 Å². The second kappa shape index (κ2) is 7.09. The minimum Gasteiger partial charge on any atom is -0.466 e. The zero-order valence-electron chi connectivity index (χ0n) is 17.8. The molecule has 2 aliphatic heterocycles. The van der Waals surface area contributed by atoms with Gasteiger partial charge in [-0.15, -0.1) is 0 Å². The number of rotatable bonds is 7. The minimum atomic E-state index is -3.95. The van der Waals surface area contributed by atoms with E-state index in [1.54, 1.807) is 13.8 Å². The second-order valence-corrected chi connectivity index (χ2v) is 10.6. The molecule has 1 aromatic rings. The quantitative estimate of drug-likeness (QED) is 0.425.